The van der Waals surface area contributed by atoms with Crippen LogP contribution >= 0.6 is 0 Å². The maximum absolute atomic E-state index is 10.7. The number of aliphatic hydroxyl groups is 1. The SMILES string of the molecule is CC.CC.CC.Cc1cc(Oc2c(C)cc(C[CH-][C](O)=[W])cc2C)cc(C)c1O.O.O=S(=O)(O)c1ccc(CCCNO)cc1. The van der Waals surface area contributed by atoms with Gasteiger partial charge in [0, 0.05) is 6.54 Å². The fourth-order valence-electron chi connectivity index (χ4n) is 3.82. The van der Waals surface area contributed by atoms with Crippen molar-refractivity contribution < 1.29 is 58.0 Å². The Morgan fingerprint density at radius 1 is 0.844 bits per heavy atom. The molecule has 3 aromatic carbocycles. The minimum absolute atomic E-state index is 0. The molecule has 0 unspecified atom stereocenters. The van der Waals surface area contributed by atoms with Crippen LogP contribution in [-0.2, 0) is 42.3 Å². The number of hydroxylamine groups is 1. The molecule has 0 aliphatic heterocycles. The second kappa shape index (κ2) is 25.7. The van der Waals surface area contributed by atoms with Gasteiger partial charge in [0.2, 0.25) is 0 Å². The quantitative estimate of drug-likeness (QED) is 0.0615. The van der Waals surface area contributed by atoms with Crippen molar-refractivity contribution in [2.45, 2.75) is 93.4 Å². The van der Waals surface area contributed by atoms with Crippen LogP contribution in [-0.4, -0.2) is 44.5 Å². The van der Waals surface area contributed by atoms with Gasteiger partial charge < -0.3 is 15.8 Å². The minimum atomic E-state index is -4.10. The molecule has 0 aromatic heterocycles. The number of ether oxygens (including phenoxy) is 1. The van der Waals surface area contributed by atoms with E-state index in [2.05, 4.69) is 12.1 Å². The zero-order valence-corrected chi connectivity index (χ0v) is 32.1. The van der Waals surface area contributed by atoms with Gasteiger partial charge in [0.05, 0.1) is 4.90 Å². The first-order valence-electron chi connectivity index (χ1n) is 14.9. The fraction of sp³-hybridized carbons (Fsp3) is 0.412. The Morgan fingerprint density at radius 2 is 1.31 bits per heavy atom. The Labute approximate surface area is 282 Å². The van der Waals surface area contributed by atoms with E-state index in [-0.39, 0.29) is 10.4 Å². The van der Waals surface area contributed by atoms with E-state index < -0.39 is 10.1 Å². The minimum Gasteiger partial charge on any atom is -0.507 e. The summed E-state index contributed by atoms with van der Waals surface area (Å²) in [5.41, 5.74) is 7.86. The van der Waals surface area contributed by atoms with Crippen molar-refractivity contribution in [3.05, 3.63) is 88.3 Å². The van der Waals surface area contributed by atoms with Crippen molar-refractivity contribution >= 4 is 14.2 Å². The van der Waals surface area contributed by atoms with Crippen molar-refractivity contribution in [3.63, 3.8) is 0 Å². The molecule has 45 heavy (non-hydrogen) atoms. The molecular formula is C34H54NO8SW-. The fourth-order valence-corrected chi connectivity index (χ4v) is 4.60. The van der Waals surface area contributed by atoms with Gasteiger partial charge in [-0.2, -0.15) is 8.42 Å². The van der Waals surface area contributed by atoms with E-state index in [1.165, 1.54) is 12.1 Å². The van der Waals surface area contributed by atoms with Crippen LogP contribution in [0.5, 0.6) is 17.2 Å². The number of aromatic hydroxyl groups is 1. The zero-order chi connectivity index (χ0) is 34.5. The van der Waals surface area contributed by atoms with E-state index in [0.717, 1.165) is 77.1 Å². The number of hydrogen-bond donors (Lipinski definition) is 5. The third kappa shape index (κ3) is 18.3. The summed E-state index contributed by atoms with van der Waals surface area (Å²) in [6.07, 6.45) is 4.03. The number of phenolic OH excluding ortho intramolecular Hbond substituents is 1. The van der Waals surface area contributed by atoms with E-state index in [0.29, 0.717) is 22.8 Å². The molecule has 0 aliphatic carbocycles. The smallest absolute Gasteiger partial charge is 0.507 e. The Hall–Kier alpha value is -2.43. The number of aliphatic hydroxyl groups excluding tert-OH is 1. The molecule has 3 aromatic rings. The van der Waals surface area contributed by atoms with Crippen LogP contribution in [0.25, 0.3) is 0 Å². The first kappa shape index (κ1) is 47.0. The van der Waals surface area contributed by atoms with Crippen LogP contribution in [0.1, 0.15) is 81.3 Å². The van der Waals surface area contributed by atoms with Crippen molar-refractivity contribution in [1.82, 2.24) is 5.48 Å². The summed E-state index contributed by atoms with van der Waals surface area (Å²) in [6.45, 7) is 20.3. The molecule has 0 saturated heterocycles. The topological polar surface area (TPSA) is 168 Å². The van der Waals surface area contributed by atoms with E-state index in [4.69, 9.17) is 14.5 Å². The van der Waals surface area contributed by atoms with Crippen LogP contribution in [0.2, 0.25) is 0 Å². The van der Waals surface area contributed by atoms with Gasteiger partial charge in [-0.05, 0) is 30.5 Å². The number of hydrogen-bond acceptors (Lipinski definition) is 7. The van der Waals surface area contributed by atoms with Crippen LogP contribution in [0, 0.1) is 34.1 Å². The first-order valence-corrected chi connectivity index (χ1v) is 17.8. The Morgan fingerprint density at radius 3 is 1.71 bits per heavy atom. The molecule has 3 rings (SSSR count). The predicted octanol–water partition coefficient (Wildman–Crippen LogP) is 7.31. The van der Waals surface area contributed by atoms with Gasteiger partial charge in [0.25, 0.3) is 10.1 Å². The molecule has 256 valence electrons. The summed E-state index contributed by atoms with van der Waals surface area (Å²) in [6, 6.07) is 13.8. The van der Waals surface area contributed by atoms with Crippen molar-refractivity contribution in [3.8, 4) is 17.2 Å². The summed E-state index contributed by atoms with van der Waals surface area (Å²) in [4.78, 5) is -0.105. The Balaban J connectivity index is -0.000000697. The van der Waals surface area contributed by atoms with Gasteiger partial charge in [-0.15, -0.1) is 0 Å². The monoisotopic (exact) mass is 820 g/mol. The second-order valence-corrected chi connectivity index (χ2v) is 11.9. The zero-order valence-electron chi connectivity index (χ0n) is 28.4. The summed E-state index contributed by atoms with van der Waals surface area (Å²) in [7, 11) is -4.10. The molecule has 9 nitrogen and oxygen atoms in total. The van der Waals surface area contributed by atoms with Crippen molar-refractivity contribution in [2.24, 2.45) is 0 Å². The molecule has 0 amide bonds. The van der Waals surface area contributed by atoms with Crippen LogP contribution in [0.4, 0.5) is 0 Å². The van der Waals surface area contributed by atoms with E-state index in [1.807, 2.05) is 93.3 Å². The predicted molar refractivity (Wildman–Crippen MR) is 181 cm³/mol. The molecule has 11 heteroatoms. The van der Waals surface area contributed by atoms with Crippen molar-refractivity contribution in [2.75, 3.05) is 6.54 Å². The standard InChI is InChI=1S/C19H21O3.C9H13NO4S.3C2H6.H2O.W/c1-12-10-17(11-13(2)18(12)21)22-19-14(3)8-16(6-5-7-20)9-15(19)4;11-10-7-1-2-8-3-5-9(6-4-8)15(12,13)14;3*1-2;;/h5,8-11,20-21H,6H2,1-4H3;3-6,10-11H,1-2,7H2,(H,12,13,14);3*1-2H3;1H2;/q-1;;;;;;. The average Bonchev–Trinajstić information content (AvgIpc) is 3.00. The first-order chi connectivity index (χ1) is 20.8. The molecule has 0 fully saturated rings. The summed E-state index contributed by atoms with van der Waals surface area (Å²) < 4.78 is 36.6. The Bertz CT molecular complexity index is 1320. The summed E-state index contributed by atoms with van der Waals surface area (Å²) in [5, 5.41) is 27.5. The molecule has 0 heterocycles. The maximum atomic E-state index is 10.7. The molecule has 7 N–H and O–H groups in total. The molecule has 0 bridgehead atoms. The van der Waals surface area contributed by atoms with Crippen LogP contribution < -0.4 is 10.2 Å². The number of phenols is 1. The van der Waals surface area contributed by atoms with E-state index in [1.54, 1.807) is 12.1 Å². The van der Waals surface area contributed by atoms with Crippen LogP contribution in [0.3, 0.4) is 0 Å². The summed E-state index contributed by atoms with van der Waals surface area (Å²) >= 11 is 1.08. The molecule has 0 saturated carbocycles. The Kier molecular flexibility index (Phi) is 26.9. The number of benzene rings is 3. The molecular weight excluding hydrogens is 766 g/mol. The van der Waals surface area contributed by atoms with Gasteiger partial charge in [-0.25, -0.2) is 5.48 Å². The molecule has 0 spiro atoms. The van der Waals surface area contributed by atoms with Crippen LogP contribution in [0.15, 0.2) is 53.4 Å². The van der Waals surface area contributed by atoms with Gasteiger partial charge >= 0.3 is 143 Å². The van der Waals surface area contributed by atoms with Gasteiger partial charge in [-0.1, -0.05) is 53.7 Å². The number of nitrogens with one attached hydrogen (secondary N) is 1. The second-order valence-electron chi connectivity index (χ2n) is 8.94. The normalized spacial score (nSPS) is 9.71. The van der Waals surface area contributed by atoms with E-state index in [9.17, 15) is 18.6 Å². The van der Waals surface area contributed by atoms with E-state index >= 15 is 0 Å². The van der Waals surface area contributed by atoms with Crippen molar-refractivity contribution in [1.29, 1.82) is 0 Å². The third-order valence-corrected chi connectivity index (χ3v) is 7.16. The third-order valence-electron chi connectivity index (χ3n) is 5.69. The summed E-state index contributed by atoms with van der Waals surface area (Å²) in [5.74, 6) is 1.88. The van der Waals surface area contributed by atoms with Gasteiger partial charge in [0.1, 0.15) is 0 Å². The molecule has 0 atom stereocenters. The van der Waals surface area contributed by atoms with Gasteiger partial charge in [0.15, 0.2) is 0 Å². The molecule has 0 radical (unpaired) electrons. The van der Waals surface area contributed by atoms with Gasteiger partial charge in [-0.3, -0.25) is 4.55 Å². The number of rotatable bonds is 10. The number of aryl methyl sites for hydroxylation is 5. The molecule has 0 aliphatic rings. The average molecular weight is 821 g/mol.